The molecule has 0 aromatic heterocycles. The van der Waals surface area contributed by atoms with E-state index >= 15 is 0 Å². The van der Waals surface area contributed by atoms with Gasteiger partial charge in [0.15, 0.2) is 11.5 Å². The highest BCUT2D eigenvalue weighted by Gasteiger charge is 2.28. The lowest BCUT2D eigenvalue weighted by atomic mass is 10.2. The molecule has 0 bridgehead atoms. The predicted molar refractivity (Wildman–Crippen MR) is 126 cm³/mol. The smallest absolute Gasteiger partial charge is 0.264 e. The average molecular weight is 471 g/mol. The maximum absolute atomic E-state index is 13.5. The first kappa shape index (κ1) is 24.1. The molecule has 33 heavy (non-hydrogen) atoms. The lowest BCUT2D eigenvalue weighted by molar-refractivity contribution is -0.114. The van der Waals surface area contributed by atoms with Crippen LogP contribution in [0.3, 0.4) is 0 Å². The third-order valence-electron chi connectivity index (χ3n) is 4.80. The summed E-state index contributed by atoms with van der Waals surface area (Å²) in [4.78, 5) is 13.0. The zero-order chi connectivity index (χ0) is 23.8. The van der Waals surface area contributed by atoms with Crippen LogP contribution < -0.4 is 19.1 Å². The summed E-state index contributed by atoms with van der Waals surface area (Å²) in [5.74, 6) is 0.285. The molecule has 1 N–H and O–H groups in total. The number of amides is 1. The molecule has 0 radical (unpaired) electrons. The number of benzene rings is 3. The molecule has 174 valence electrons. The number of hydrogen-bond acceptors (Lipinski definition) is 6. The van der Waals surface area contributed by atoms with Gasteiger partial charge in [-0.1, -0.05) is 30.3 Å². The van der Waals surface area contributed by atoms with Gasteiger partial charge in [-0.3, -0.25) is 9.10 Å². The first-order valence-electron chi connectivity index (χ1n) is 10.1. The summed E-state index contributed by atoms with van der Waals surface area (Å²) in [5.41, 5.74) is 1.68. The summed E-state index contributed by atoms with van der Waals surface area (Å²) in [6, 6.07) is 19.8. The van der Waals surface area contributed by atoms with E-state index in [9.17, 15) is 13.2 Å². The second-order valence-corrected chi connectivity index (χ2v) is 8.91. The second kappa shape index (κ2) is 10.8. The summed E-state index contributed by atoms with van der Waals surface area (Å²) >= 11 is 0. The van der Waals surface area contributed by atoms with Crippen molar-refractivity contribution in [2.24, 2.45) is 0 Å². The molecular formula is C24H26N2O6S. The van der Waals surface area contributed by atoms with Crippen molar-refractivity contribution in [1.29, 1.82) is 0 Å². The Kier molecular flexibility index (Phi) is 7.92. The van der Waals surface area contributed by atoms with E-state index in [1.54, 1.807) is 55.6 Å². The minimum Gasteiger partial charge on any atom is -0.493 e. The zero-order valence-corrected chi connectivity index (χ0v) is 19.5. The highest BCUT2D eigenvalue weighted by Crippen LogP contribution is 2.33. The number of anilines is 2. The van der Waals surface area contributed by atoms with E-state index in [0.29, 0.717) is 23.8 Å². The van der Waals surface area contributed by atoms with Gasteiger partial charge in [0.25, 0.3) is 10.0 Å². The van der Waals surface area contributed by atoms with Gasteiger partial charge in [-0.25, -0.2) is 8.42 Å². The minimum atomic E-state index is -4.05. The zero-order valence-electron chi connectivity index (χ0n) is 18.6. The highest BCUT2D eigenvalue weighted by molar-refractivity contribution is 7.92. The molecule has 0 aliphatic carbocycles. The van der Waals surface area contributed by atoms with E-state index in [-0.39, 0.29) is 10.6 Å². The molecule has 3 rings (SSSR count). The molecule has 0 unspecified atom stereocenters. The van der Waals surface area contributed by atoms with Gasteiger partial charge < -0.3 is 19.5 Å². The highest BCUT2D eigenvalue weighted by atomic mass is 32.2. The topological polar surface area (TPSA) is 94.2 Å². The van der Waals surface area contributed by atoms with Crippen molar-refractivity contribution in [1.82, 2.24) is 0 Å². The van der Waals surface area contributed by atoms with Crippen LogP contribution >= 0.6 is 0 Å². The number of methoxy groups -OCH3 is 3. The maximum atomic E-state index is 13.5. The molecule has 0 aliphatic heterocycles. The SMILES string of the molecule is COCc1cccc(NC(=O)CN(c2ccc(OC)c(OC)c2)S(=O)(=O)c2ccccc2)c1. The van der Waals surface area contributed by atoms with Gasteiger partial charge in [-0.05, 0) is 42.0 Å². The van der Waals surface area contributed by atoms with Crippen LogP contribution in [-0.4, -0.2) is 42.2 Å². The van der Waals surface area contributed by atoms with Crippen molar-refractivity contribution in [3.05, 3.63) is 78.4 Å². The maximum Gasteiger partial charge on any atom is 0.264 e. The predicted octanol–water partition coefficient (Wildman–Crippen LogP) is 3.68. The van der Waals surface area contributed by atoms with Gasteiger partial charge >= 0.3 is 0 Å². The molecule has 0 saturated carbocycles. The second-order valence-electron chi connectivity index (χ2n) is 7.05. The van der Waals surface area contributed by atoms with Crippen LogP contribution in [0.1, 0.15) is 5.56 Å². The summed E-state index contributed by atoms with van der Waals surface area (Å²) in [6.07, 6.45) is 0. The molecule has 0 saturated heterocycles. The van der Waals surface area contributed by atoms with Gasteiger partial charge in [0.2, 0.25) is 5.91 Å². The van der Waals surface area contributed by atoms with Gasteiger partial charge in [-0.2, -0.15) is 0 Å². The fourth-order valence-corrected chi connectivity index (χ4v) is 4.69. The molecule has 0 atom stereocenters. The lowest BCUT2D eigenvalue weighted by Crippen LogP contribution is -2.38. The van der Waals surface area contributed by atoms with Crippen LogP contribution in [0.2, 0.25) is 0 Å². The summed E-state index contributed by atoms with van der Waals surface area (Å²) in [5, 5.41) is 2.76. The first-order valence-corrected chi connectivity index (χ1v) is 11.5. The normalized spacial score (nSPS) is 11.0. The quantitative estimate of drug-likeness (QED) is 0.486. The van der Waals surface area contributed by atoms with Gasteiger partial charge in [-0.15, -0.1) is 0 Å². The van der Waals surface area contributed by atoms with E-state index in [0.717, 1.165) is 9.87 Å². The van der Waals surface area contributed by atoms with Crippen LogP contribution in [0.5, 0.6) is 11.5 Å². The number of nitrogens with one attached hydrogen (secondary N) is 1. The largest absolute Gasteiger partial charge is 0.493 e. The van der Waals surface area contributed by atoms with Crippen molar-refractivity contribution in [3.8, 4) is 11.5 Å². The van der Waals surface area contributed by atoms with Crippen molar-refractivity contribution in [3.63, 3.8) is 0 Å². The number of ether oxygens (including phenoxy) is 3. The Labute approximate surface area is 193 Å². The molecule has 1 amide bonds. The van der Waals surface area contributed by atoms with E-state index < -0.39 is 22.5 Å². The third-order valence-corrected chi connectivity index (χ3v) is 6.58. The Morgan fingerprint density at radius 3 is 2.27 bits per heavy atom. The lowest BCUT2D eigenvalue weighted by Gasteiger charge is -2.25. The number of rotatable bonds is 10. The summed E-state index contributed by atoms with van der Waals surface area (Å²) in [7, 11) is 0.480. The number of carbonyl (C=O) groups is 1. The number of nitrogens with zero attached hydrogens (tertiary/aromatic N) is 1. The fourth-order valence-electron chi connectivity index (χ4n) is 3.25. The van der Waals surface area contributed by atoms with Crippen LogP contribution in [0.25, 0.3) is 0 Å². The Balaban J connectivity index is 1.95. The molecule has 3 aromatic carbocycles. The first-order chi connectivity index (χ1) is 15.9. The molecule has 8 nitrogen and oxygen atoms in total. The Hall–Kier alpha value is -3.56. The molecule has 9 heteroatoms. The van der Waals surface area contributed by atoms with Crippen molar-refractivity contribution in [2.75, 3.05) is 37.5 Å². The molecule has 3 aromatic rings. The van der Waals surface area contributed by atoms with E-state index in [4.69, 9.17) is 14.2 Å². The Morgan fingerprint density at radius 2 is 1.61 bits per heavy atom. The van der Waals surface area contributed by atoms with Crippen LogP contribution in [0.15, 0.2) is 77.7 Å². The van der Waals surface area contributed by atoms with Crippen molar-refractivity contribution >= 4 is 27.3 Å². The van der Waals surface area contributed by atoms with Crippen LogP contribution in [-0.2, 0) is 26.2 Å². The fraction of sp³-hybridized carbons (Fsp3) is 0.208. The van der Waals surface area contributed by atoms with Gasteiger partial charge in [0, 0.05) is 18.9 Å². The number of hydrogen-bond donors (Lipinski definition) is 1. The van der Waals surface area contributed by atoms with E-state index in [1.807, 2.05) is 6.07 Å². The molecule has 0 aliphatic rings. The van der Waals surface area contributed by atoms with Gasteiger partial charge in [0.1, 0.15) is 6.54 Å². The van der Waals surface area contributed by atoms with Crippen LogP contribution in [0.4, 0.5) is 11.4 Å². The Morgan fingerprint density at radius 1 is 0.879 bits per heavy atom. The Bertz CT molecular complexity index is 1200. The third kappa shape index (κ3) is 5.82. The monoisotopic (exact) mass is 470 g/mol. The molecule has 0 fully saturated rings. The average Bonchev–Trinajstić information content (AvgIpc) is 2.83. The molecule has 0 spiro atoms. The summed E-state index contributed by atoms with van der Waals surface area (Å²) < 4.78 is 43.7. The standard InChI is InChI=1S/C24H26N2O6S/c1-30-17-18-8-7-9-19(14-18)25-24(27)16-26(33(28,29)21-10-5-4-6-11-21)20-12-13-22(31-2)23(15-20)32-3/h4-15H,16-17H2,1-3H3,(H,25,27). The summed E-state index contributed by atoms with van der Waals surface area (Å²) in [6.45, 7) is -0.0505. The van der Waals surface area contributed by atoms with E-state index in [2.05, 4.69) is 5.32 Å². The number of sulfonamides is 1. The number of carbonyl (C=O) groups excluding carboxylic acids is 1. The minimum absolute atomic E-state index is 0.0645. The molecule has 0 heterocycles. The van der Waals surface area contributed by atoms with Crippen molar-refractivity contribution in [2.45, 2.75) is 11.5 Å². The van der Waals surface area contributed by atoms with Crippen molar-refractivity contribution < 1.29 is 27.4 Å². The van der Waals surface area contributed by atoms with Crippen LogP contribution in [0, 0.1) is 0 Å². The molecular weight excluding hydrogens is 444 g/mol. The van der Waals surface area contributed by atoms with Gasteiger partial charge in [0.05, 0.1) is 31.4 Å². The van der Waals surface area contributed by atoms with E-state index in [1.165, 1.54) is 32.4 Å².